The Kier molecular flexibility index (Phi) is 1.63. The molecule has 2 rings (SSSR count). The molecule has 2 heterocycles. The van der Waals surface area contributed by atoms with Gasteiger partial charge in [0.2, 0.25) is 0 Å². The van der Waals surface area contributed by atoms with E-state index in [1.54, 1.807) is 4.98 Å². The first-order chi connectivity index (χ1) is 6.48. The molecule has 74 valence electrons. The molecule has 0 fully saturated rings. The maximum atomic E-state index is 12.4. The number of hydrogen-bond acceptors (Lipinski definition) is 2. The number of halogens is 3. The van der Waals surface area contributed by atoms with Crippen LogP contribution in [0.2, 0.25) is 0 Å². The van der Waals surface area contributed by atoms with Gasteiger partial charge in [0.1, 0.15) is 11.3 Å². The summed E-state index contributed by atoms with van der Waals surface area (Å²) in [4.78, 5) is 18.2. The van der Waals surface area contributed by atoms with Gasteiger partial charge in [0, 0.05) is 11.6 Å². The highest BCUT2D eigenvalue weighted by Crippen LogP contribution is 2.31. The Morgan fingerprint density at radius 1 is 1.36 bits per heavy atom. The molecule has 4 nitrogen and oxygen atoms in total. The molecule has 0 aliphatic rings. The normalized spacial score (nSPS) is 12.2. The van der Waals surface area contributed by atoms with Crippen molar-refractivity contribution in [3.05, 3.63) is 28.4 Å². The standard InChI is InChI=1S/C7H4F3N3O/c8-7(9,10)4-3-1-2-11-5(3)13-6(14)12-4/h1-2H,(H2,11,12,13,14). The minimum Gasteiger partial charge on any atom is -0.346 e. The second-order valence-corrected chi connectivity index (χ2v) is 2.65. The van der Waals surface area contributed by atoms with Crippen molar-refractivity contribution in [1.29, 1.82) is 0 Å². The van der Waals surface area contributed by atoms with Gasteiger partial charge in [0.25, 0.3) is 0 Å². The summed E-state index contributed by atoms with van der Waals surface area (Å²) in [7, 11) is 0. The minimum absolute atomic E-state index is 0.0684. The Bertz CT molecular complexity index is 525. The van der Waals surface area contributed by atoms with Crippen LogP contribution in [0, 0.1) is 0 Å². The van der Waals surface area contributed by atoms with E-state index < -0.39 is 17.6 Å². The van der Waals surface area contributed by atoms with Gasteiger partial charge in [-0.25, -0.2) is 4.79 Å². The fourth-order valence-electron chi connectivity index (χ4n) is 1.18. The average molecular weight is 203 g/mol. The van der Waals surface area contributed by atoms with Crippen LogP contribution in [0.4, 0.5) is 13.2 Å². The highest BCUT2D eigenvalue weighted by atomic mass is 19.4. The molecule has 0 bridgehead atoms. The lowest BCUT2D eigenvalue weighted by atomic mass is 10.3. The van der Waals surface area contributed by atoms with Gasteiger partial charge in [-0.2, -0.15) is 18.2 Å². The molecule has 0 aromatic carbocycles. The molecule has 0 aliphatic carbocycles. The van der Waals surface area contributed by atoms with Gasteiger partial charge in [0.15, 0.2) is 0 Å². The number of nitrogens with zero attached hydrogens (tertiary/aromatic N) is 1. The monoisotopic (exact) mass is 203 g/mol. The number of aromatic nitrogens is 3. The van der Waals surface area contributed by atoms with E-state index in [2.05, 4.69) is 9.97 Å². The van der Waals surface area contributed by atoms with Crippen molar-refractivity contribution in [2.75, 3.05) is 0 Å². The quantitative estimate of drug-likeness (QED) is 0.677. The van der Waals surface area contributed by atoms with Crippen LogP contribution >= 0.6 is 0 Å². The lowest BCUT2D eigenvalue weighted by molar-refractivity contribution is -0.140. The van der Waals surface area contributed by atoms with Crippen molar-refractivity contribution in [2.24, 2.45) is 0 Å². The van der Waals surface area contributed by atoms with Crippen molar-refractivity contribution in [3.63, 3.8) is 0 Å². The van der Waals surface area contributed by atoms with Gasteiger partial charge in [-0.05, 0) is 6.07 Å². The molecule has 2 aromatic rings. The van der Waals surface area contributed by atoms with Crippen LogP contribution in [0.25, 0.3) is 11.0 Å². The number of rotatable bonds is 0. The Morgan fingerprint density at radius 2 is 2.07 bits per heavy atom. The SMILES string of the molecule is O=c1nc2[nH]ccc2c(C(F)(F)F)[nH]1. The van der Waals surface area contributed by atoms with Crippen LogP contribution in [-0.4, -0.2) is 15.0 Å². The summed E-state index contributed by atoms with van der Waals surface area (Å²) < 4.78 is 37.1. The number of aromatic amines is 2. The van der Waals surface area contributed by atoms with Crippen molar-refractivity contribution in [1.82, 2.24) is 15.0 Å². The molecule has 7 heteroatoms. The molecule has 14 heavy (non-hydrogen) atoms. The summed E-state index contributed by atoms with van der Waals surface area (Å²) in [6, 6.07) is 1.21. The van der Waals surface area contributed by atoms with Crippen molar-refractivity contribution in [2.45, 2.75) is 6.18 Å². The van der Waals surface area contributed by atoms with E-state index in [0.717, 1.165) is 0 Å². The molecule has 2 aromatic heterocycles. The third-order valence-corrected chi connectivity index (χ3v) is 1.72. The predicted molar refractivity (Wildman–Crippen MR) is 41.7 cm³/mol. The van der Waals surface area contributed by atoms with Gasteiger partial charge in [-0.15, -0.1) is 0 Å². The predicted octanol–water partition coefficient (Wildman–Crippen LogP) is 1.27. The molecule has 0 amide bonds. The van der Waals surface area contributed by atoms with Crippen molar-refractivity contribution in [3.8, 4) is 0 Å². The smallest absolute Gasteiger partial charge is 0.346 e. The Hall–Kier alpha value is -1.79. The fourth-order valence-corrected chi connectivity index (χ4v) is 1.18. The van der Waals surface area contributed by atoms with Crippen molar-refractivity contribution < 1.29 is 13.2 Å². The molecular weight excluding hydrogens is 199 g/mol. The maximum Gasteiger partial charge on any atom is 0.432 e. The Balaban J connectivity index is 2.87. The van der Waals surface area contributed by atoms with Crippen LogP contribution in [0.3, 0.4) is 0 Å². The molecule has 0 unspecified atom stereocenters. The summed E-state index contributed by atoms with van der Waals surface area (Å²) in [6.07, 6.45) is -3.29. The summed E-state index contributed by atoms with van der Waals surface area (Å²) >= 11 is 0. The number of hydrogen-bond donors (Lipinski definition) is 2. The second kappa shape index (κ2) is 2.60. The first-order valence-corrected chi connectivity index (χ1v) is 3.63. The molecule has 0 spiro atoms. The number of H-pyrrole nitrogens is 2. The highest BCUT2D eigenvalue weighted by molar-refractivity contribution is 5.78. The van der Waals surface area contributed by atoms with Crippen LogP contribution in [0.15, 0.2) is 17.1 Å². The molecule has 0 aliphatic heterocycles. The minimum atomic E-state index is -4.58. The van der Waals surface area contributed by atoms with E-state index in [-0.39, 0.29) is 11.0 Å². The maximum absolute atomic E-state index is 12.4. The third kappa shape index (κ3) is 1.26. The molecule has 0 saturated heterocycles. The summed E-state index contributed by atoms with van der Waals surface area (Å²) in [6.45, 7) is 0. The van der Waals surface area contributed by atoms with Crippen molar-refractivity contribution >= 4 is 11.0 Å². The first kappa shape index (κ1) is 8.79. The summed E-state index contributed by atoms with van der Waals surface area (Å²) in [5.74, 6) is 0. The van der Waals surface area contributed by atoms with Gasteiger partial charge >= 0.3 is 11.9 Å². The zero-order valence-electron chi connectivity index (χ0n) is 6.64. The van der Waals surface area contributed by atoms with Crippen LogP contribution in [-0.2, 0) is 6.18 Å². The zero-order chi connectivity index (χ0) is 10.3. The Morgan fingerprint density at radius 3 is 2.71 bits per heavy atom. The van der Waals surface area contributed by atoms with Gasteiger partial charge < -0.3 is 9.97 Å². The first-order valence-electron chi connectivity index (χ1n) is 3.63. The van der Waals surface area contributed by atoms with E-state index in [1.165, 1.54) is 12.3 Å². The highest BCUT2D eigenvalue weighted by Gasteiger charge is 2.34. The zero-order valence-corrected chi connectivity index (χ0v) is 6.64. The van der Waals surface area contributed by atoms with E-state index in [9.17, 15) is 18.0 Å². The fraction of sp³-hybridized carbons (Fsp3) is 0.143. The van der Waals surface area contributed by atoms with E-state index in [4.69, 9.17) is 0 Å². The van der Waals surface area contributed by atoms with Gasteiger partial charge in [-0.1, -0.05) is 0 Å². The van der Waals surface area contributed by atoms with Gasteiger partial charge in [0.05, 0.1) is 0 Å². The van der Waals surface area contributed by atoms with Crippen LogP contribution in [0.5, 0.6) is 0 Å². The average Bonchev–Trinajstić information content (AvgIpc) is 2.47. The lowest BCUT2D eigenvalue weighted by Crippen LogP contribution is -2.18. The molecule has 0 saturated carbocycles. The van der Waals surface area contributed by atoms with Gasteiger partial charge in [-0.3, -0.25) is 0 Å². The van der Waals surface area contributed by atoms with E-state index in [0.29, 0.717) is 0 Å². The topological polar surface area (TPSA) is 61.5 Å². The number of fused-ring (bicyclic) bond motifs is 1. The molecule has 0 radical (unpaired) electrons. The Labute approximate surface area is 74.8 Å². The van der Waals surface area contributed by atoms with E-state index >= 15 is 0 Å². The lowest BCUT2D eigenvalue weighted by Gasteiger charge is -2.06. The number of alkyl halides is 3. The van der Waals surface area contributed by atoms with Crippen LogP contribution in [0.1, 0.15) is 5.69 Å². The largest absolute Gasteiger partial charge is 0.432 e. The molecule has 2 N–H and O–H groups in total. The van der Waals surface area contributed by atoms with Crippen LogP contribution < -0.4 is 5.69 Å². The molecule has 0 atom stereocenters. The molecular formula is C7H4F3N3O. The van der Waals surface area contributed by atoms with E-state index in [1.807, 2.05) is 0 Å². The third-order valence-electron chi connectivity index (χ3n) is 1.72. The second-order valence-electron chi connectivity index (χ2n) is 2.65. The summed E-state index contributed by atoms with van der Waals surface area (Å²) in [5.41, 5.74) is -2.16. The summed E-state index contributed by atoms with van der Waals surface area (Å²) in [5, 5.41) is -0.142. The number of nitrogens with one attached hydrogen (secondary N) is 2.